The molecule has 0 aliphatic rings. The van der Waals surface area contributed by atoms with Crippen LogP contribution in [0.2, 0.25) is 0 Å². The zero-order valence-electron chi connectivity index (χ0n) is 11.2. The van der Waals surface area contributed by atoms with Crippen LogP contribution in [0.25, 0.3) is 0 Å². The minimum Gasteiger partial charge on any atom is -0.478 e. The molecule has 1 heterocycles. The molecule has 0 bridgehead atoms. The monoisotopic (exact) mass is 255 g/mol. The number of nitrogens with one attached hydrogen (secondary N) is 1. The second-order valence-electron chi connectivity index (χ2n) is 3.60. The zero-order valence-corrected chi connectivity index (χ0v) is 11.2. The lowest BCUT2D eigenvalue weighted by Gasteiger charge is -2.09. The Morgan fingerprint density at radius 1 is 1.22 bits per heavy atom. The summed E-state index contributed by atoms with van der Waals surface area (Å²) in [6.07, 6.45) is 0. The summed E-state index contributed by atoms with van der Waals surface area (Å²) in [5, 5.41) is 3.16. The van der Waals surface area contributed by atoms with Crippen molar-refractivity contribution in [1.29, 1.82) is 0 Å². The fraction of sp³-hybridized carbons (Fsp3) is 0.667. The first-order chi connectivity index (χ1) is 8.76. The molecular formula is C12H21N3O3. The molecule has 1 N–H and O–H groups in total. The Hall–Kier alpha value is -1.40. The average Bonchev–Trinajstić information content (AvgIpc) is 2.33. The van der Waals surface area contributed by atoms with Crippen molar-refractivity contribution in [3.05, 3.63) is 11.9 Å². The normalized spacial score (nSPS) is 10.4. The summed E-state index contributed by atoms with van der Waals surface area (Å²) in [6.45, 7) is 6.86. The first kappa shape index (κ1) is 14.7. The summed E-state index contributed by atoms with van der Waals surface area (Å²) >= 11 is 0. The lowest BCUT2D eigenvalue weighted by molar-refractivity contribution is 0.0759. The summed E-state index contributed by atoms with van der Waals surface area (Å²) in [5.74, 6) is 2.03. The minimum atomic E-state index is 0.591. The number of nitrogens with zero attached hydrogens (tertiary/aromatic N) is 2. The highest BCUT2D eigenvalue weighted by molar-refractivity contribution is 5.38. The fourth-order valence-electron chi connectivity index (χ4n) is 1.35. The van der Waals surface area contributed by atoms with Crippen molar-refractivity contribution in [1.82, 2.24) is 9.97 Å². The molecule has 0 spiro atoms. The molecule has 0 aliphatic heterocycles. The van der Waals surface area contributed by atoms with Crippen LogP contribution < -0.4 is 10.1 Å². The first-order valence-corrected chi connectivity index (χ1v) is 6.05. The van der Waals surface area contributed by atoms with E-state index in [1.165, 1.54) is 0 Å². The van der Waals surface area contributed by atoms with E-state index in [0.29, 0.717) is 44.7 Å². The highest BCUT2D eigenvalue weighted by Crippen LogP contribution is 2.12. The highest BCUT2D eigenvalue weighted by atomic mass is 16.5. The van der Waals surface area contributed by atoms with Crippen LogP contribution >= 0.6 is 0 Å². The largest absolute Gasteiger partial charge is 0.478 e. The molecule has 6 heteroatoms. The Balaban J connectivity index is 2.32. The molecule has 0 atom stereocenters. The number of hydrogen-bond acceptors (Lipinski definition) is 6. The van der Waals surface area contributed by atoms with Crippen LogP contribution in [-0.4, -0.2) is 50.1 Å². The molecule has 102 valence electrons. The maximum absolute atomic E-state index is 5.35. The van der Waals surface area contributed by atoms with Crippen LogP contribution in [0.5, 0.6) is 5.88 Å². The topological polar surface area (TPSA) is 65.5 Å². The van der Waals surface area contributed by atoms with Crippen molar-refractivity contribution < 1.29 is 14.2 Å². The Morgan fingerprint density at radius 3 is 2.78 bits per heavy atom. The molecule has 18 heavy (non-hydrogen) atoms. The van der Waals surface area contributed by atoms with Crippen LogP contribution in [0.1, 0.15) is 12.7 Å². The maximum Gasteiger partial charge on any atom is 0.218 e. The number of aromatic nitrogens is 2. The Kier molecular flexibility index (Phi) is 7.05. The van der Waals surface area contributed by atoms with Crippen LogP contribution in [0.15, 0.2) is 6.07 Å². The second kappa shape index (κ2) is 8.66. The van der Waals surface area contributed by atoms with Crippen LogP contribution in [-0.2, 0) is 9.47 Å². The van der Waals surface area contributed by atoms with Gasteiger partial charge >= 0.3 is 0 Å². The van der Waals surface area contributed by atoms with Crippen molar-refractivity contribution in [3.63, 3.8) is 0 Å². The van der Waals surface area contributed by atoms with Gasteiger partial charge in [-0.05, 0) is 13.8 Å². The van der Waals surface area contributed by atoms with E-state index in [0.717, 1.165) is 5.82 Å². The van der Waals surface area contributed by atoms with Crippen molar-refractivity contribution >= 4 is 5.82 Å². The zero-order chi connectivity index (χ0) is 13.2. The summed E-state index contributed by atoms with van der Waals surface area (Å²) in [4.78, 5) is 8.44. The van der Waals surface area contributed by atoms with Gasteiger partial charge in [-0.1, -0.05) is 0 Å². The van der Waals surface area contributed by atoms with Gasteiger partial charge in [-0.2, -0.15) is 4.98 Å². The van der Waals surface area contributed by atoms with Crippen LogP contribution in [0, 0.1) is 6.92 Å². The molecule has 1 aromatic heterocycles. The molecule has 0 radical (unpaired) electrons. The van der Waals surface area contributed by atoms with Gasteiger partial charge in [-0.15, -0.1) is 0 Å². The van der Waals surface area contributed by atoms with E-state index in [1.54, 1.807) is 13.2 Å². The molecule has 0 saturated heterocycles. The number of aryl methyl sites for hydroxylation is 1. The van der Waals surface area contributed by atoms with Crippen molar-refractivity contribution in [2.24, 2.45) is 0 Å². The molecule has 0 saturated carbocycles. The third kappa shape index (κ3) is 5.79. The molecule has 1 rings (SSSR count). The summed E-state index contributed by atoms with van der Waals surface area (Å²) in [5.41, 5.74) is 0. The van der Waals surface area contributed by atoms with E-state index in [1.807, 2.05) is 13.8 Å². The van der Waals surface area contributed by atoms with Gasteiger partial charge in [0.15, 0.2) is 0 Å². The predicted octanol–water partition coefficient (Wildman–Crippen LogP) is 1.26. The third-order valence-electron chi connectivity index (χ3n) is 2.09. The van der Waals surface area contributed by atoms with Gasteiger partial charge in [-0.3, -0.25) is 0 Å². The number of ether oxygens (including phenoxy) is 3. The van der Waals surface area contributed by atoms with Crippen molar-refractivity contribution in [2.75, 3.05) is 45.4 Å². The Morgan fingerprint density at radius 2 is 2.06 bits per heavy atom. The molecule has 0 aliphatic carbocycles. The number of methoxy groups -OCH3 is 1. The molecule has 1 aromatic rings. The highest BCUT2D eigenvalue weighted by Gasteiger charge is 2.01. The molecule has 0 unspecified atom stereocenters. The molecular weight excluding hydrogens is 234 g/mol. The van der Waals surface area contributed by atoms with Crippen molar-refractivity contribution in [3.8, 4) is 5.88 Å². The lowest BCUT2D eigenvalue weighted by Crippen LogP contribution is -2.13. The third-order valence-corrected chi connectivity index (χ3v) is 2.09. The van der Waals surface area contributed by atoms with E-state index >= 15 is 0 Å². The van der Waals surface area contributed by atoms with E-state index in [9.17, 15) is 0 Å². The van der Waals surface area contributed by atoms with Gasteiger partial charge in [0.25, 0.3) is 0 Å². The smallest absolute Gasteiger partial charge is 0.218 e. The van der Waals surface area contributed by atoms with E-state index < -0.39 is 0 Å². The van der Waals surface area contributed by atoms with E-state index in [4.69, 9.17) is 14.2 Å². The van der Waals surface area contributed by atoms with Gasteiger partial charge in [0.2, 0.25) is 5.88 Å². The van der Waals surface area contributed by atoms with E-state index in [2.05, 4.69) is 15.3 Å². The SMILES string of the molecule is CCOc1cc(NCCOCCOC)nc(C)n1. The van der Waals surface area contributed by atoms with Crippen LogP contribution in [0.4, 0.5) is 5.82 Å². The fourth-order valence-corrected chi connectivity index (χ4v) is 1.35. The lowest BCUT2D eigenvalue weighted by atomic mass is 10.5. The summed E-state index contributed by atoms with van der Waals surface area (Å²) in [6, 6.07) is 1.78. The van der Waals surface area contributed by atoms with Gasteiger partial charge in [0.1, 0.15) is 11.6 Å². The molecule has 6 nitrogen and oxygen atoms in total. The van der Waals surface area contributed by atoms with Gasteiger partial charge in [-0.25, -0.2) is 4.98 Å². The number of rotatable bonds is 9. The summed E-state index contributed by atoms with van der Waals surface area (Å²) < 4.78 is 15.6. The first-order valence-electron chi connectivity index (χ1n) is 6.05. The standard InChI is InChI=1S/C12H21N3O3/c1-4-18-12-9-11(14-10(2)15-12)13-5-6-17-8-7-16-3/h9H,4-8H2,1-3H3,(H,13,14,15). The molecule has 0 fully saturated rings. The van der Waals surface area contributed by atoms with Gasteiger partial charge in [0.05, 0.1) is 26.4 Å². The summed E-state index contributed by atoms with van der Waals surface area (Å²) in [7, 11) is 1.65. The molecule has 0 amide bonds. The predicted molar refractivity (Wildman–Crippen MR) is 69.1 cm³/mol. The second-order valence-corrected chi connectivity index (χ2v) is 3.60. The van der Waals surface area contributed by atoms with E-state index in [-0.39, 0.29) is 0 Å². The van der Waals surface area contributed by atoms with Gasteiger partial charge < -0.3 is 19.5 Å². The van der Waals surface area contributed by atoms with Gasteiger partial charge in [0, 0.05) is 19.7 Å². The maximum atomic E-state index is 5.35. The molecule has 0 aromatic carbocycles. The Bertz CT molecular complexity index is 347. The quantitative estimate of drug-likeness (QED) is 0.670. The number of anilines is 1. The van der Waals surface area contributed by atoms with Crippen LogP contribution in [0.3, 0.4) is 0 Å². The number of hydrogen-bond donors (Lipinski definition) is 1. The Labute approximate surface area is 108 Å². The van der Waals surface area contributed by atoms with Crippen molar-refractivity contribution in [2.45, 2.75) is 13.8 Å². The average molecular weight is 255 g/mol. The minimum absolute atomic E-state index is 0.591.